The summed E-state index contributed by atoms with van der Waals surface area (Å²) in [5.74, 6) is -0.874. The van der Waals surface area contributed by atoms with Crippen LogP contribution in [0, 0.1) is 0 Å². The number of aromatic nitrogens is 2. The number of hydrogen-bond donors (Lipinski definition) is 2. The van der Waals surface area contributed by atoms with Gasteiger partial charge >= 0.3 is 0 Å². The average Bonchev–Trinajstić information content (AvgIpc) is 3.13. The highest BCUT2D eigenvalue weighted by atomic mass is 35.5. The maximum absolute atomic E-state index is 13.1. The van der Waals surface area contributed by atoms with Crippen LogP contribution in [-0.4, -0.2) is 21.4 Å². The molecule has 7 heteroatoms. The molecule has 2 N–H and O–H groups in total. The number of pyridine rings is 1. The Morgan fingerprint density at radius 2 is 1.84 bits per heavy atom. The van der Waals surface area contributed by atoms with Gasteiger partial charge in [0.1, 0.15) is 5.70 Å². The lowest BCUT2D eigenvalue weighted by atomic mass is 10.1. The zero-order valence-corrected chi connectivity index (χ0v) is 18.1. The van der Waals surface area contributed by atoms with E-state index < -0.39 is 11.8 Å². The van der Waals surface area contributed by atoms with E-state index in [-0.39, 0.29) is 17.8 Å². The summed E-state index contributed by atoms with van der Waals surface area (Å²) >= 11 is 6.17. The second kappa shape index (κ2) is 9.49. The van der Waals surface area contributed by atoms with Gasteiger partial charge in [-0.15, -0.1) is 0 Å². The van der Waals surface area contributed by atoms with Crippen LogP contribution < -0.4 is 10.6 Å². The van der Waals surface area contributed by atoms with Crippen molar-refractivity contribution in [3.05, 3.63) is 107 Å². The highest BCUT2D eigenvalue weighted by Gasteiger charge is 2.17. The van der Waals surface area contributed by atoms with Gasteiger partial charge in [0.25, 0.3) is 11.8 Å². The van der Waals surface area contributed by atoms with Crippen molar-refractivity contribution in [1.29, 1.82) is 0 Å². The van der Waals surface area contributed by atoms with E-state index in [9.17, 15) is 9.59 Å². The predicted molar refractivity (Wildman–Crippen MR) is 126 cm³/mol. The normalized spacial score (nSPS) is 11.4. The lowest BCUT2D eigenvalue weighted by Crippen LogP contribution is -2.34. The molecule has 0 saturated heterocycles. The van der Waals surface area contributed by atoms with E-state index in [2.05, 4.69) is 15.6 Å². The predicted octanol–water partition coefficient (Wildman–Crippen LogP) is 4.31. The minimum absolute atomic E-state index is 0.121. The van der Waals surface area contributed by atoms with E-state index in [4.69, 9.17) is 11.6 Å². The number of halogens is 1. The number of benzene rings is 2. The van der Waals surface area contributed by atoms with E-state index in [1.54, 1.807) is 48.8 Å². The van der Waals surface area contributed by atoms with Crippen molar-refractivity contribution >= 4 is 40.4 Å². The zero-order chi connectivity index (χ0) is 22.5. The molecule has 6 nitrogen and oxygen atoms in total. The van der Waals surface area contributed by atoms with Crippen molar-refractivity contribution in [2.24, 2.45) is 7.05 Å². The van der Waals surface area contributed by atoms with Crippen LogP contribution in [0.15, 0.2) is 85.0 Å². The maximum atomic E-state index is 13.1. The van der Waals surface area contributed by atoms with Gasteiger partial charge in [0.2, 0.25) is 0 Å². The number of para-hydroxylation sites is 1. The van der Waals surface area contributed by atoms with E-state index in [0.717, 1.165) is 22.0 Å². The molecule has 32 heavy (non-hydrogen) atoms. The Morgan fingerprint density at radius 3 is 2.62 bits per heavy atom. The van der Waals surface area contributed by atoms with Gasteiger partial charge in [-0.2, -0.15) is 0 Å². The summed E-state index contributed by atoms with van der Waals surface area (Å²) in [6.07, 6.45) is 6.94. The molecule has 0 atom stereocenters. The Hall–Kier alpha value is -3.90. The second-order valence-electron chi connectivity index (χ2n) is 7.25. The average molecular weight is 445 g/mol. The molecule has 0 aliphatic heterocycles. The third-order valence-electron chi connectivity index (χ3n) is 5.01. The Balaban J connectivity index is 1.67. The number of fused-ring (bicyclic) bond motifs is 1. The van der Waals surface area contributed by atoms with Gasteiger partial charge in [0.05, 0.1) is 10.6 Å². The van der Waals surface area contributed by atoms with Crippen LogP contribution in [-0.2, 0) is 18.4 Å². The number of carbonyl (C=O) groups excluding carboxylic acids is 2. The fraction of sp³-hybridized carbons (Fsp3) is 0.0800. The van der Waals surface area contributed by atoms with E-state index in [1.807, 2.05) is 48.1 Å². The monoisotopic (exact) mass is 444 g/mol. The number of aryl methyl sites for hydroxylation is 1. The van der Waals surface area contributed by atoms with Crippen molar-refractivity contribution in [2.45, 2.75) is 6.54 Å². The van der Waals surface area contributed by atoms with Crippen LogP contribution in [0.3, 0.4) is 0 Å². The highest BCUT2D eigenvalue weighted by Crippen LogP contribution is 2.23. The number of rotatable bonds is 6. The fourth-order valence-electron chi connectivity index (χ4n) is 3.42. The van der Waals surface area contributed by atoms with Gasteiger partial charge in [0.15, 0.2) is 0 Å². The molecule has 2 amide bonds. The molecule has 160 valence electrons. The maximum Gasteiger partial charge on any atom is 0.268 e. The molecule has 0 unspecified atom stereocenters. The molecule has 2 aromatic heterocycles. The third kappa shape index (κ3) is 4.71. The molecule has 0 aliphatic rings. The Bertz CT molecular complexity index is 1310. The number of nitrogens with one attached hydrogen (secondary N) is 2. The van der Waals surface area contributed by atoms with Crippen LogP contribution in [0.2, 0.25) is 5.02 Å². The lowest BCUT2D eigenvalue weighted by Gasteiger charge is -2.12. The van der Waals surface area contributed by atoms with Gasteiger partial charge in [0, 0.05) is 48.6 Å². The van der Waals surface area contributed by atoms with Crippen LogP contribution in [0.1, 0.15) is 21.5 Å². The Labute approximate surface area is 190 Å². The Morgan fingerprint density at radius 1 is 1.06 bits per heavy atom. The zero-order valence-electron chi connectivity index (χ0n) is 17.4. The summed E-state index contributed by atoms with van der Waals surface area (Å²) in [7, 11) is 1.93. The van der Waals surface area contributed by atoms with Gasteiger partial charge in [-0.05, 0) is 35.9 Å². The molecule has 0 radical (unpaired) electrons. The standard InChI is InChI=1S/C25H21ClN4O2/c1-30-16-18(19-8-3-5-11-23(19)30)13-22(25(32)28-15-17-7-6-12-27-14-17)29-24(31)20-9-2-4-10-21(20)26/h2-14,16H,15H2,1H3,(H,28,32)(H,29,31). The molecular formula is C25H21ClN4O2. The van der Waals surface area contributed by atoms with Crippen LogP contribution in [0.4, 0.5) is 0 Å². The quantitative estimate of drug-likeness (QED) is 0.435. The molecule has 4 rings (SSSR count). The van der Waals surface area contributed by atoms with Crippen LogP contribution in [0.25, 0.3) is 17.0 Å². The van der Waals surface area contributed by atoms with E-state index in [0.29, 0.717) is 5.02 Å². The van der Waals surface area contributed by atoms with Gasteiger partial charge in [-0.3, -0.25) is 14.6 Å². The summed E-state index contributed by atoms with van der Waals surface area (Å²) < 4.78 is 1.97. The van der Waals surface area contributed by atoms with E-state index in [1.165, 1.54) is 0 Å². The molecule has 0 saturated carbocycles. The first-order valence-electron chi connectivity index (χ1n) is 10.0. The molecule has 0 fully saturated rings. The first kappa shape index (κ1) is 21.3. The smallest absolute Gasteiger partial charge is 0.268 e. The third-order valence-corrected chi connectivity index (χ3v) is 5.34. The van der Waals surface area contributed by atoms with Crippen molar-refractivity contribution in [2.75, 3.05) is 0 Å². The summed E-state index contributed by atoms with van der Waals surface area (Å²) in [5, 5.41) is 6.86. The van der Waals surface area contributed by atoms with Gasteiger partial charge in [-0.1, -0.05) is 48.0 Å². The summed E-state index contributed by atoms with van der Waals surface area (Å²) in [5.41, 5.74) is 3.09. The lowest BCUT2D eigenvalue weighted by molar-refractivity contribution is -0.117. The van der Waals surface area contributed by atoms with Crippen molar-refractivity contribution in [1.82, 2.24) is 20.2 Å². The number of hydrogen-bond acceptors (Lipinski definition) is 3. The second-order valence-corrected chi connectivity index (χ2v) is 7.66. The first-order chi connectivity index (χ1) is 15.5. The van der Waals surface area contributed by atoms with Gasteiger partial charge in [-0.25, -0.2) is 0 Å². The molecular weight excluding hydrogens is 424 g/mol. The largest absolute Gasteiger partial charge is 0.350 e. The highest BCUT2D eigenvalue weighted by molar-refractivity contribution is 6.34. The van der Waals surface area contributed by atoms with E-state index >= 15 is 0 Å². The van der Waals surface area contributed by atoms with Crippen LogP contribution in [0.5, 0.6) is 0 Å². The Kier molecular flexibility index (Phi) is 6.33. The summed E-state index contributed by atoms with van der Waals surface area (Å²) in [4.78, 5) is 30.0. The minimum atomic E-state index is -0.460. The molecule has 0 aliphatic carbocycles. The molecule has 2 aromatic carbocycles. The fourth-order valence-corrected chi connectivity index (χ4v) is 3.64. The van der Waals surface area contributed by atoms with Crippen molar-refractivity contribution in [3.63, 3.8) is 0 Å². The minimum Gasteiger partial charge on any atom is -0.350 e. The molecule has 0 bridgehead atoms. The number of carbonyl (C=O) groups is 2. The van der Waals surface area contributed by atoms with Crippen molar-refractivity contribution < 1.29 is 9.59 Å². The van der Waals surface area contributed by atoms with Crippen molar-refractivity contribution in [3.8, 4) is 0 Å². The number of amides is 2. The topological polar surface area (TPSA) is 76.0 Å². The SMILES string of the molecule is Cn1cc(C=C(NC(=O)c2ccccc2Cl)C(=O)NCc2cccnc2)c2ccccc21. The summed E-state index contributed by atoms with van der Waals surface area (Å²) in [6, 6.07) is 18.2. The molecule has 0 spiro atoms. The van der Waals surface area contributed by atoms with Crippen LogP contribution >= 0.6 is 11.6 Å². The first-order valence-corrected chi connectivity index (χ1v) is 10.4. The summed E-state index contributed by atoms with van der Waals surface area (Å²) in [6.45, 7) is 0.279. The molecule has 2 heterocycles. The number of nitrogens with zero attached hydrogens (tertiary/aromatic N) is 2. The molecule has 4 aromatic rings. The van der Waals surface area contributed by atoms with Gasteiger partial charge < -0.3 is 15.2 Å².